The van der Waals surface area contributed by atoms with Crippen LogP contribution in [0.1, 0.15) is 54.9 Å². The first kappa shape index (κ1) is 11.0. The molecule has 0 radical (unpaired) electrons. The smallest absolute Gasteiger partial charge is 0.0326 e. The van der Waals surface area contributed by atoms with E-state index in [-0.39, 0.29) is 0 Å². The highest BCUT2D eigenvalue weighted by molar-refractivity contribution is 4.82. The van der Waals surface area contributed by atoms with E-state index in [4.69, 9.17) is 0 Å². The lowest BCUT2D eigenvalue weighted by Crippen LogP contribution is -2.31. The van der Waals surface area contributed by atoms with Crippen molar-refractivity contribution >= 4 is 0 Å². The molecule has 0 fully saturated rings. The van der Waals surface area contributed by atoms with Gasteiger partial charge in [0.1, 0.15) is 0 Å². The van der Waals surface area contributed by atoms with Gasteiger partial charge >= 0.3 is 0 Å². The summed E-state index contributed by atoms with van der Waals surface area (Å²) < 4.78 is 0. The summed E-state index contributed by atoms with van der Waals surface area (Å²) in [6.45, 7) is 16.4. The van der Waals surface area contributed by atoms with Gasteiger partial charge in [0.2, 0.25) is 0 Å². The van der Waals surface area contributed by atoms with E-state index in [9.17, 15) is 0 Å². The van der Waals surface area contributed by atoms with Gasteiger partial charge in [-0.05, 0) is 16.7 Å². The minimum atomic E-state index is 0.444. The summed E-state index contributed by atoms with van der Waals surface area (Å²) in [5.41, 5.74) is 0.928. The molecule has 0 aliphatic heterocycles. The molecule has 1 unspecified atom stereocenters. The van der Waals surface area contributed by atoms with Crippen LogP contribution in [0, 0.1) is 16.7 Å². The molecular formula is C11H24. The lowest BCUT2D eigenvalue weighted by atomic mass is 9.66. The first-order valence-electron chi connectivity index (χ1n) is 4.72. The third-order valence-corrected chi connectivity index (χ3v) is 3.38. The van der Waals surface area contributed by atoms with Crippen LogP contribution in [0.2, 0.25) is 0 Å². The van der Waals surface area contributed by atoms with E-state index in [1.807, 2.05) is 0 Å². The highest BCUT2D eigenvalue weighted by atomic mass is 14.4. The SMILES string of the molecule is CCC(C)(C)C(C)C(C)(C)C. The zero-order valence-corrected chi connectivity index (χ0v) is 9.28. The van der Waals surface area contributed by atoms with Crippen LogP contribution in [0.3, 0.4) is 0 Å². The Morgan fingerprint density at radius 3 is 1.45 bits per heavy atom. The largest absolute Gasteiger partial charge is 0.0649 e. The van der Waals surface area contributed by atoms with Crippen LogP contribution in [0.5, 0.6) is 0 Å². The van der Waals surface area contributed by atoms with Gasteiger partial charge < -0.3 is 0 Å². The fourth-order valence-corrected chi connectivity index (χ4v) is 1.48. The maximum Gasteiger partial charge on any atom is -0.0326 e. The van der Waals surface area contributed by atoms with Crippen LogP contribution >= 0.6 is 0 Å². The molecule has 0 saturated carbocycles. The summed E-state index contributed by atoms with van der Waals surface area (Å²) in [6, 6.07) is 0. The highest BCUT2D eigenvalue weighted by Crippen LogP contribution is 2.41. The maximum atomic E-state index is 2.36. The number of rotatable bonds is 2. The average molecular weight is 156 g/mol. The predicted octanol–water partition coefficient (Wildman–Crippen LogP) is 4.10. The second-order valence-corrected chi connectivity index (χ2v) is 5.43. The van der Waals surface area contributed by atoms with Crippen molar-refractivity contribution in [2.24, 2.45) is 16.7 Å². The molecule has 68 valence electrons. The summed E-state index contributed by atoms with van der Waals surface area (Å²) in [4.78, 5) is 0. The van der Waals surface area contributed by atoms with Crippen LogP contribution in [0.4, 0.5) is 0 Å². The molecule has 0 heterocycles. The highest BCUT2D eigenvalue weighted by Gasteiger charge is 2.32. The lowest BCUT2D eigenvalue weighted by molar-refractivity contribution is 0.0997. The zero-order valence-electron chi connectivity index (χ0n) is 9.28. The molecule has 0 aliphatic rings. The first-order chi connectivity index (χ1) is 4.72. The molecule has 0 aromatic rings. The molecular weight excluding hydrogens is 132 g/mol. The first-order valence-corrected chi connectivity index (χ1v) is 4.72. The van der Waals surface area contributed by atoms with E-state index in [2.05, 4.69) is 48.5 Å². The van der Waals surface area contributed by atoms with Gasteiger partial charge in [-0.25, -0.2) is 0 Å². The van der Waals surface area contributed by atoms with Gasteiger partial charge in [-0.2, -0.15) is 0 Å². The average Bonchev–Trinajstić information content (AvgIpc) is 1.84. The molecule has 0 rings (SSSR count). The molecule has 0 spiro atoms. The van der Waals surface area contributed by atoms with E-state index in [0.717, 1.165) is 5.92 Å². The van der Waals surface area contributed by atoms with Crippen molar-refractivity contribution in [3.63, 3.8) is 0 Å². The van der Waals surface area contributed by atoms with Gasteiger partial charge in [-0.3, -0.25) is 0 Å². The molecule has 0 bridgehead atoms. The Labute approximate surface area is 72.4 Å². The van der Waals surface area contributed by atoms with E-state index in [0.29, 0.717) is 10.8 Å². The quantitative estimate of drug-likeness (QED) is 0.564. The van der Waals surface area contributed by atoms with Crippen LogP contribution in [0.25, 0.3) is 0 Å². The molecule has 0 amide bonds. The third-order valence-electron chi connectivity index (χ3n) is 3.38. The summed E-state index contributed by atoms with van der Waals surface area (Å²) in [5.74, 6) is 0.778. The van der Waals surface area contributed by atoms with E-state index in [1.54, 1.807) is 0 Å². The van der Waals surface area contributed by atoms with Gasteiger partial charge in [0.25, 0.3) is 0 Å². The Morgan fingerprint density at radius 2 is 1.36 bits per heavy atom. The zero-order chi connectivity index (χ0) is 9.28. The Morgan fingerprint density at radius 1 is 1.00 bits per heavy atom. The number of hydrogen-bond donors (Lipinski definition) is 0. The fraction of sp³-hybridized carbons (Fsp3) is 1.00. The minimum Gasteiger partial charge on any atom is -0.0649 e. The van der Waals surface area contributed by atoms with Crippen LogP contribution in [0.15, 0.2) is 0 Å². The number of hydrogen-bond acceptors (Lipinski definition) is 0. The van der Waals surface area contributed by atoms with Gasteiger partial charge in [0.15, 0.2) is 0 Å². The molecule has 1 atom stereocenters. The van der Waals surface area contributed by atoms with Gasteiger partial charge in [-0.1, -0.05) is 54.9 Å². The molecule has 11 heavy (non-hydrogen) atoms. The van der Waals surface area contributed by atoms with Crippen molar-refractivity contribution in [3.05, 3.63) is 0 Å². The molecule has 0 nitrogen and oxygen atoms in total. The summed E-state index contributed by atoms with van der Waals surface area (Å²) in [7, 11) is 0. The Kier molecular flexibility index (Phi) is 3.16. The van der Waals surface area contributed by atoms with E-state index in [1.165, 1.54) is 6.42 Å². The Hall–Kier alpha value is 0. The summed E-state index contributed by atoms with van der Waals surface area (Å²) in [5, 5.41) is 0. The van der Waals surface area contributed by atoms with Crippen molar-refractivity contribution in [2.45, 2.75) is 54.9 Å². The summed E-state index contributed by atoms with van der Waals surface area (Å²) >= 11 is 0. The maximum absolute atomic E-state index is 2.36. The van der Waals surface area contributed by atoms with Crippen molar-refractivity contribution in [3.8, 4) is 0 Å². The molecule has 0 N–H and O–H groups in total. The van der Waals surface area contributed by atoms with Crippen LogP contribution in [-0.4, -0.2) is 0 Å². The molecule has 0 aromatic carbocycles. The predicted molar refractivity (Wildman–Crippen MR) is 52.7 cm³/mol. The molecule has 0 aromatic heterocycles. The van der Waals surface area contributed by atoms with Gasteiger partial charge in [0.05, 0.1) is 0 Å². The van der Waals surface area contributed by atoms with Crippen molar-refractivity contribution in [1.82, 2.24) is 0 Å². The monoisotopic (exact) mass is 156 g/mol. The second kappa shape index (κ2) is 3.16. The van der Waals surface area contributed by atoms with Crippen LogP contribution < -0.4 is 0 Å². The Balaban J connectivity index is 4.35. The second-order valence-electron chi connectivity index (χ2n) is 5.43. The fourth-order valence-electron chi connectivity index (χ4n) is 1.48. The van der Waals surface area contributed by atoms with E-state index < -0.39 is 0 Å². The standard InChI is InChI=1S/C11H24/c1-8-11(6,7)9(2)10(3,4)5/h9H,8H2,1-7H3. The minimum absolute atomic E-state index is 0.444. The molecule has 0 saturated heterocycles. The lowest BCUT2D eigenvalue weighted by Gasteiger charge is -2.40. The topological polar surface area (TPSA) is 0 Å². The normalized spacial score (nSPS) is 16.6. The third kappa shape index (κ3) is 2.84. The van der Waals surface area contributed by atoms with Crippen molar-refractivity contribution in [1.29, 1.82) is 0 Å². The van der Waals surface area contributed by atoms with Crippen molar-refractivity contribution in [2.75, 3.05) is 0 Å². The molecule has 0 aliphatic carbocycles. The molecule has 0 heteroatoms. The van der Waals surface area contributed by atoms with Gasteiger partial charge in [-0.15, -0.1) is 0 Å². The van der Waals surface area contributed by atoms with Crippen LogP contribution in [-0.2, 0) is 0 Å². The Bertz CT molecular complexity index is 114. The summed E-state index contributed by atoms with van der Waals surface area (Å²) in [6.07, 6.45) is 1.27. The van der Waals surface area contributed by atoms with E-state index >= 15 is 0 Å². The van der Waals surface area contributed by atoms with Gasteiger partial charge in [0, 0.05) is 0 Å². The van der Waals surface area contributed by atoms with Crippen molar-refractivity contribution < 1.29 is 0 Å².